The minimum Gasteiger partial charge on any atom is -0.370 e. The van der Waals surface area contributed by atoms with E-state index in [1.807, 2.05) is 48.0 Å². The molecule has 2 aromatic heterocycles. The van der Waals surface area contributed by atoms with Gasteiger partial charge in [0.25, 0.3) is 5.91 Å². The Morgan fingerprint density at radius 2 is 1.84 bits per heavy atom. The third kappa shape index (κ3) is 4.49. The van der Waals surface area contributed by atoms with Crippen molar-refractivity contribution < 1.29 is 14.0 Å². The lowest BCUT2D eigenvalue weighted by molar-refractivity contribution is -0.117. The quantitative estimate of drug-likeness (QED) is 0.473. The molecule has 2 N–H and O–H groups in total. The van der Waals surface area contributed by atoms with Crippen molar-refractivity contribution in [1.82, 2.24) is 9.78 Å². The molecule has 8 heteroatoms. The summed E-state index contributed by atoms with van der Waals surface area (Å²) >= 11 is 1.35. The number of nitrogens with two attached hydrogens (primary N) is 1. The molecule has 0 spiro atoms. The van der Waals surface area contributed by atoms with E-state index in [1.54, 1.807) is 0 Å². The number of carbonyl (C=O) groups excluding carboxylic acids is 2. The lowest BCUT2D eigenvalue weighted by Crippen LogP contribution is -2.33. The van der Waals surface area contributed by atoms with Crippen molar-refractivity contribution in [1.29, 1.82) is 0 Å². The molecule has 0 bridgehead atoms. The Balaban J connectivity index is 1.68. The second-order valence-electron chi connectivity index (χ2n) is 7.21. The van der Waals surface area contributed by atoms with Gasteiger partial charge >= 0.3 is 0 Å². The van der Waals surface area contributed by atoms with Gasteiger partial charge in [-0.3, -0.25) is 14.3 Å². The van der Waals surface area contributed by atoms with Crippen LogP contribution in [0.15, 0.2) is 60.7 Å². The maximum atomic E-state index is 13.4. The number of aromatic nitrogens is 2. The van der Waals surface area contributed by atoms with Gasteiger partial charge in [0, 0.05) is 24.0 Å². The van der Waals surface area contributed by atoms with Crippen molar-refractivity contribution >= 4 is 39.1 Å². The number of carbonyl (C=O) groups is 2. The molecule has 0 saturated carbocycles. The predicted octanol–water partition coefficient (Wildman–Crippen LogP) is 4.12. The molecule has 0 aliphatic heterocycles. The molecule has 0 unspecified atom stereocenters. The minimum absolute atomic E-state index is 0.00875. The molecular formula is C23H21FN4O2S. The Hall–Kier alpha value is -3.52. The Morgan fingerprint density at radius 1 is 1.13 bits per heavy atom. The fraction of sp³-hybridized carbons (Fsp3) is 0.174. The molecule has 0 saturated heterocycles. The minimum atomic E-state index is -0.509. The molecule has 6 nitrogen and oxygen atoms in total. The second kappa shape index (κ2) is 8.69. The topological polar surface area (TPSA) is 81.2 Å². The normalized spacial score (nSPS) is 11.0. The Kier molecular flexibility index (Phi) is 5.81. The number of hydrogen-bond acceptors (Lipinski definition) is 4. The van der Waals surface area contributed by atoms with E-state index in [1.165, 1.54) is 40.5 Å². The summed E-state index contributed by atoms with van der Waals surface area (Å²) in [4.78, 5) is 27.6. The van der Waals surface area contributed by atoms with Gasteiger partial charge in [-0.1, -0.05) is 30.3 Å². The van der Waals surface area contributed by atoms with Gasteiger partial charge in [-0.25, -0.2) is 4.39 Å². The van der Waals surface area contributed by atoms with E-state index < -0.39 is 11.7 Å². The van der Waals surface area contributed by atoms with Gasteiger partial charge in [0.15, 0.2) is 0 Å². The molecule has 31 heavy (non-hydrogen) atoms. The number of thiophene rings is 1. The van der Waals surface area contributed by atoms with Gasteiger partial charge in [0.05, 0.1) is 17.1 Å². The number of nitrogens with zero attached hydrogens (tertiary/aromatic N) is 3. The van der Waals surface area contributed by atoms with Crippen molar-refractivity contribution in [3.63, 3.8) is 0 Å². The maximum absolute atomic E-state index is 13.4. The van der Waals surface area contributed by atoms with Crippen molar-refractivity contribution in [2.75, 3.05) is 11.4 Å². The number of hydrogen-bond donors (Lipinski definition) is 1. The number of rotatable bonds is 7. The largest absolute Gasteiger partial charge is 0.370 e. The van der Waals surface area contributed by atoms with Crippen LogP contribution in [0.5, 0.6) is 0 Å². The van der Waals surface area contributed by atoms with Crippen molar-refractivity contribution in [3.05, 3.63) is 82.6 Å². The summed E-state index contributed by atoms with van der Waals surface area (Å²) in [5.74, 6) is -1.17. The zero-order valence-corrected chi connectivity index (χ0v) is 17.7. The number of anilines is 1. The predicted molar refractivity (Wildman–Crippen MR) is 120 cm³/mol. The number of fused-ring (bicyclic) bond motifs is 1. The highest BCUT2D eigenvalue weighted by Gasteiger charge is 2.23. The molecule has 0 fully saturated rings. The molecule has 2 heterocycles. The summed E-state index contributed by atoms with van der Waals surface area (Å²) in [6.07, 6.45) is 0.00875. The molecule has 0 radical (unpaired) electrons. The van der Waals surface area contributed by atoms with Crippen LogP contribution in [0.25, 0.3) is 10.2 Å². The summed E-state index contributed by atoms with van der Waals surface area (Å²) in [6, 6.07) is 17.4. The molecule has 0 aliphatic rings. The van der Waals surface area contributed by atoms with E-state index in [0.29, 0.717) is 17.1 Å². The Bertz CT molecular complexity index is 1230. The Morgan fingerprint density at radius 3 is 2.52 bits per heavy atom. The van der Waals surface area contributed by atoms with Gasteiger partial charge in [-0.2, -0.15) is 5.10 Å². The lowest BCUT2D eigenvalue weighted by atomic mass is 10.2. The second-order valence-corrected chi connectivity index (χ2v) is 8.24. The molecule has 0 aliphatic carbocycles. The average molecular weight is 437 g/mol. The van der Waals surface area contributed by atoms with E-state index in [2.05, 4.69) is 5.10 Å². The SMILES string of the molecule is Cc1nn(Cc2ccccc2)c2sc(C(=O)N(CCC(N)=O)c3ccc(F)cc3)cc12. The number of benzene rings is 2. The van der Waals surface area contributed by atoms with Gasteiger partial charge < -0.3 is 10.6 Å². The summed E-state index contributed by atoms with van der Waals surface area (Å²) in [5, 5.41) is 5.53. The first-order chi connectivity index (χ1) is 14.9. The number of amides is 2. The highest BCUT2D eigenvalue weighted by atomic mass is 32.1. The maximum Gasteiger partial charge on any atom is 0.268 e. The lowest BCUT2D eigenvalue weighted by Gasteiger charge is -2.21. The molecule has 2 aromatic carbocycles. The molecule has 4 aromatic rings. The average Bonchev–Trinajstić information content (AvgIpc) is 3.31. The van der Waals surface area contributed by atoms with E-state index in [-0.39, 0.29) is 18.9 Å². The number of primary amides is 1. The van der Waals surface area contributed by atoms with E-state index in [9.17, 15) is 14.0 Å². The van der Waals surface area contributed by atoms with E-state index >= 15 is 0 Å². The fourth-order valence-corrected chi connectivity index (χ4v) is 4.52. The van der Waals surface area contributed by atoms with Gasteiger partial charge in [-0.15, -0.1) is 11.3 Å². The van der Waals surface area contributed by atoms with E-state index in [4.69, 9.17) is 5.73 Å². The highest BCUT2D eigenvalue weighted by molar-refractivity contribution is 7.20. The van der Waals surface area contributed by atoms with Crippen LogP contribution in [0.4, 0.5) is 10.1 Å². The van der Waals surface area contributed by atoms with Crippen molar-refractivity contribution in [2.45, 2.75) is 19.9 Å². The van der Waals surface area contributed by atoms with Crippen LogP contribution in [-0.4, -0.2) is 28.1 Å². The van der Waals surface area contributed by atoms with Crippen molar-refractivity contribution in [3.8, 4) is 0 Å². The van der Waals surface area contributed by atoms with Gasteiger partial charge in [0.2, 0.25) is 5.91 Å². The third-order valence-electron chi connectivity index (χ3n) is 4.96. The molecule has 0 atom stereocenters. The summed E-state index contributed by atoms with van der Waals surface area (Å²) < 4.78 is 15.3. The van der Waals surface area contributed by atoms with Crippen LogP contribution in [-0.2, 0) is 11.3 Å². The van der Waals surface area contributed by atoms with Crippen LogP contribution >= 0.6 is 11.3 Å². The summed E-state index contributed by atoms with van der Waals surface area (Å²) in [5.41, 5.74) is 7.75. The number of halogens is 1. The van der Waals surface area contributed by atoms with Crippen LogP contribution in [0.3, 0.4) is 0 Å². The highest BCUT2D eigenvalue weighted by Crippen LogP contribution is 2.31. The smallest absolute Gasteiger partial charge is 0.268 e. The van der Waals surface area contributed by atoms with E-state index in [0.717, 1.165) is 21.5 Å². The summed E-state index contributed by atoms with van der Waals surface area (Å²) in [7, 11) is 0. The number of aryl methyl sites for hydroxylation is 1. The third-order valence-corrected chi connectivity index (χ3v) is 6.10. The van der Waals surface area contributed by atoms with Gasteiger partial charge in [-0.05, 0) is 42.8 Å². The molecule has 4 rings (SSSR count). The van der Waals surface area contributed by atoms with Crippen LogP contribution in [0, 0.1) is 12.7 Å². The fourth-order valence-electron chi connectivity index (χ4n) is 3.41. The van der Waals surface area contributed by atoms with Gasteiger partial charge in [0.1, 0.15) is 10.6 Å². The first-order valence-corrected chi connectivity index (χ1v) is 10.6. The Labute approximate surface area is 182 Å². The molecule has 2 amide bonds. The zero-order chi connectivity index (χ0) is 22.0. The zero-order valence-electron chi connectivity index (χ0n) is 16.9. The standard InChI is InChI=1S/C23H21FN4O2S/c1-15-19-13-20(31-23(19)28(26-15)14-16-5-3-2-4-6-16)22(30)27(12-11-21(25)29)18-9-7-17(24)8-10-18/h2-10,13H,11-12,14H2,1H3,(H2,25,29). The van der Waals surface area contributed by atoms with Crippen LogP contribution < -0.4 is 10.6 Å². The molecular weight excluding hydrogens is 415 g/mol. The van der Waals surface area contributed by atoms with Crippen LogP contribution in [0.2, 0.25) is 0 Å². The first kappa shape index (κ1) is 20.7. The monoisotopic (exact) mass is 436 g/mol. The first-order valence-electron chi connectivity index (χ1n) is 9.79. The van der Waals surface area contributed by atoms with Crippen molar-refractivity contribution in [2.24, 2.45) is 5.73 Å². The molecule has 158 valence electrons. The summed E-state index contributed by atoms with van der Waals surface area (Å²) in [6.45, 7) is 2.63. The van der Waals surface area contributed by atoms with Crippen LogP contribution in [0.1, 0.15) is 27.3 Å².